The van der Waals surface area contributed by atoms with E-state index in [2.05, 4.69) is 5.32 Å². The molecule has 0 heterocycles. The number of nitrogens with one attached hydrogen (secondary N) is 1. The average molecular weight is 282 g/mol. The van der Waals surface area contributed by atoms with Crippen molar-refractivity contribution >= 4 is 23.4 Å². The highest BCUT2D eigenvalue weighted by molar-refractivity contribution is 7.98. The van der Waals surface area contributed by atoms with E-state index in [-0.39, 0.29) is 5.91 Å². The fraction of sp³-hybridized carbons (Fsp3) is 0.500. The van der Waals surface area contributed by atoms with Crippen LogP contribution in [0.2, 0.25) is 0 Å². The van der Waals surface area contributed by atoms with E-state index in [9.17, 15) is 4.79 Å². The van der Waals surface area contributed by atoms with E-state index in [1.54, 1.807) is 18.9 Å². The number of anilines is 1. The first-order chi connectivity index (χ1) is 9.01. The van der Waals surface area contributed by atoms with Gasteiger partial charge in [-0.2, -0.15) is 11.8 Å². The Morgan fingerprint density at radius 2 is 2.16 bits per heavy atom. The molecule has 3 N–H and O–H groups in total. The first kappa shape index (κ1) is 15.9. The van der Waals surface area contributed by atoms with E-state index >= 15 is 0 Å². The van der Waals surface area contributed by atoms with Gasteiger partial charge in [-0.15, -0.1) is 0 Å². The molecule has 0 aliphatic rings. The van der Waals surface area contributed by atoms with Gasteiger partial charge < -0.3 is 15.8 Å². The predicted octanol–water partition coefficient (Wildman–Crippen LogP) is 2.33. The number of nitrogens with two attached hydrogens (primary N) is 1. The molecule has 0 saturated heterocycles. The molecule has 0 bridgehead atoms. The molecule has 1 aromatic carbocycles. The van der Waals surface area contributed by atoms with Crippen LogP contribution in [0.3, 0.4) is 0 Å². The highest BCUT2D eigenvalue weighted by Crippen LogP contribution is 2.29. The van der Waals surface area contributed by atoms with Crippen molar-refractivity contribution < 1.29 is 9.53 Å². The number of aryl methyl sites for hydroxylation is 1. The van der Waals surface area contributed by atoms with Gasteiger partial charge in [0.1, 0.15) is 5.75 Å². The molecule has 0 fully saturated rings. The molecular formula is C14H22N2O2S. The summed E-state index contributed by atoms with van der Waals surface area (Å²) in [6.45, 7) is 3.90. The van der Waals surface area contributed by atoms with Gasteiger partial charge in [-0.25, -0.2) is 0 Å². The zero-order valence-electron chi connectivity index (χ0n) is 11.9. The molecule has 1 amide bonds. The standard InChI is InChI=1S/C14H22N2O2S/c1-9-5-6-12(10(2)13(9)18-3)16-14(17)11(15)7-8-19-4/h5-6,11H,7-8,15H2,1-4H3,(H,16,17)/t11-/m0/s1. The summed E-state index contributed by atoms with van der Waals surface area (Å²) in [5, 5.41) is 2.87. The molecule has 1 rings (SSSR count). The van der Waals surface area contributed by atoms with E-state index in [1.165, 1.54) is 0 Å². The van der Waals surface area contributed by atoms with Crippen molar-refractivity contribution in [3.8, 4) is 5.75 Å². The van der Waals surface area contributed by atoms with Gasteiger partial charge in [0.25, 0.3) is 0 Å². The number of rotatable bonds is 6. The minimum Gasteiger partial charge on any atom is -0.496 e. The lowest BCUT2D eigenvalue weighted by Crippen LogP contribution is -2.36. The van der Waals surface area contributed by atoms with Crippen LogP contribution >= 0.6 is 11.8 Å². The zero-order chi connectivity index (χ0) is 14.4. The second-order valence-corrected chi connectivity index (χ2v) is 5.45. The maximum Gasteiger partial charge on any atom is 0.241 e. The Balaban J connectivity index is 2.80. The lowest BCUT2D eigenvalue weighted by atomic mass is 10.1. The van der Waals surface area contributed by atoms with Crippen LogP contribution in [0.1, 0.15) is 17.5 Å². The summed E-state index contributed by atoms with van der Waals surface area (Å²) in [5.74, 6) is 1.53. The summed E-state index contributed by atoms with van der Waals surface area (Å²) in [4.78, 5) is 12.0. The van der Waals surface area contributed by atoms with Crippen molar-refractivity contribution in [3.63, 3.8) is 0 Å². The number of benzene rings is 1. The molecular weight excluding hydrogens is 260 g/mol. The lowest BCUT2D eigenvalue weighted by molar-refractivity contribution is -0.117. The van der Waals surface area contributed by atoms with Gasteiger partial charge in [0, 0.05) is 11.3 Å². The molecule has 19 heavy (non-hydrogen) atoms. The molecule has 0 aliphatic heterocycles. The maximum absolute atomic E-state index is 12.0. The third kappa shape index (κ3) is 4.14. The van der Waals surface area contributed by atoms with Gasteiger partial charge in [0.05, 0.1) is 13.2 Å². The van der Waals surface area contributed by atoms with Crippen molar-refractivity contribution in [2.24, 2.45) is 5.73 Å². The number of amides is 1. The predicted molar refractivity (Wildman–Crippen MR) is 82.1 cm³/mol. The Morgan fingerprint density at radius 1 is 1.47 bits per heavy atom. The average Bonchev–Trinajstić information content (AvgIpc) is 2.39. The summed E-state index contributed by atoms with van der Waals surface area (Å²) in [6.07, 6.45) is 2.68. The third-order valence-corrected chi connectivity index (χ3v) is 3.68. The Labute approximate surface area is 119 Å². The van der Waals surface area contributed by atoms with Crippen LogP contribution in [0.5, 0.6) is 5.75 Å². The van der Waals surface area contributed by atoms with E-state index in [0.717, 1.165) is 28.3 Å². The van der Waals surface area contributed by atoms with Crippen molar-refractivity contribution in [2.75, 3.05) is 24.4 Å². The van der Waals surface area contributed by atoms with Gasteiger partial charge in [0.2, 0.25) is 5.91 Å². The van der Waals surface area contributed by atoms with E-state index in [4.69, 9.17) is 10.5 Å². The van der Waals surface area contributed by atoms with Crippen LogP contribution in [0.25, 0.3) is 0 Å². The second kappa shape index (κ2) is 7.40. The Hall–Kier alpha value is -1.20. The second-order valence-electron chi connectivity index (χ2n) is 4.47. The molecule has 0 aliphatic carbocycles. The minimum absolute atomic E-state index is 0.150. The van der Waals surface area contributed by atoms with E-state index in [0.29, 0.717) is 6.42 Å². The minimum atomic E-state index is -0.473. The first-order valence-corrected chi connectivity index (χ1v) is 7.60. The van der Waals surface area contributed by atoms with Crippen LogP contribution in [-0.2, 0) is 4.79 Å². The number of ether oxygens (including phenoxy) is 1. The Morgan fingerprint density at radius 3 is 2.74 bits per heavy atom. The van der Waals surface area contributed by atoms with Gasteiger partial charge >= 0.3 is 0 Å². The summed E-state index contributed by atoms with van der Waals surface area (Å²) in [5.41, 5.74) is 8.57. The highest BCUT2D eigenvalue weighted by atomic mass is 32.2. The smallest absolute Gasteiger partial charge is 0.241 e. The molecule has 0 radical (unpaired) electrons. The van der Waals surface area contributed by atoms with Gasteiger partial charge in [-0.05, 0) is 43.9 Å². The van der Waals surface area contributed by atoms with Crippen LogP contribution in [0, 0.1) is 13.8 Å². The summed E-state index contributed by atoms with van der Waals surface area (Å²) in [7, 11) is 1.63. The van der Waals surface area contributed by atoms with Crippen molar-refractivity contribution in [2.45, 2.75) is 26.3 Å². The highest BCUT2D eigenvalue weighted by Gasteiger charge is 2.15. The molecule has 0 saturated carbocycles. The van der Waals surface area contributed by atoms with Crippen LogP contribution < -0.4 is 15.8 Å². The van der Waals surface area contributed by atoms with Crippen LogP contribution in [0.4, 0.5) is 5.69 Å². The number of thioether (sulfide) groups is 1. The molecule has 0 aromatic heterocycles. The Kier molecular flexibility index (Phi) is 6.18. The van der Waals surface area contributed by atoms with Crippen molar-refractivity contribution in [1.82, 2.24) is 0 Å². The zero-order valence-corrected chi connectivity index (χ0v) is 12.8. The first-order valence-electron chi connectivity index (χ1n) is 6.20. The topological polar surface area (TPSA) is 64.3 Å². The van der Waals surface area contributed by atoms with Crippen LogP contribution in [-0.4, -0.2) is 31.1 Å². The number of methoxy groups -OCH3 is 1. The van der Waals surface area contributed by atoms with Crippen LogP contribution in [0.15, 0.2) is 12.1 Å². The maximum atomic E-state index is 12.0. The molecule has 4 nitrogen and oxygen atoms in total. The molecule has 5 heteroatoms. The fourth-order valence-electron chi connectivity index (χ4n) is 1.88. The SMILES string of the molecule is COc1c(C)ccc(NC(=O)[C@@H](N)CCSC)c1C. The largest absolute Gasteiger partial charge is 0.496 e. The number of carbonyl (C=O) groups is 1. The number of hydrogen-bond donors (Lipinski definition) is 2. The quantitative estimate of drug-likeness (QED) is 0.840. The monoisotopic (exact) mass is 282 g/mol. The normalized spacial score (nSPS) is 12.1. The number of carbonyl (C=O) groups excluding carboxylic acids is 1. The number of hydrogen-bond acceptors (Lipinski definition) is 4. The molecule has 1 atom stereocenters. The van der Waals surface area contributed by atoms with Crippen molar-refractivity contribution in [3.05, 3.63) is 23.3 Å². The fourth-order valence-corrected chi connectivity index (χ4v) is 2.37. The van der Waals surface area contributed by atoms with Gasteiger partial charge in [-0.1, -0.05) is 6.07 Å². The van der Waals surface area contributed by atoms with Gasteiger partial charge in [0.15, 0.2) is 0 Å². The van der Waals surface area contributed by atoms with E-state index in [1.807, 2.05) is 32.2 Å². The Bertz CT molecular complexity index is 449. The van der Waals surface area contributed by atoms with Crippen molar-refractivity contribution in [1.29, 1.82) is 0 Å². The third-order valence-electron chi connectivity index (χ3n) is 3.03. The molecule has 0 spiro atoms. The summed E-state index contributed by atoms with van der Waals surface area (Å²) in [6, 6.07) is 3.33. The van der Waals surface area contributed by atoms with E-state index < -0.39 is 6.04 Å². The molecule has 0 unspecified atom stereocenters. The summed E-state index contributed by atoms with van der Waals surface area (Å²) < 4.78 is 5.34. The molecule has 106 valence electrons. The summed E-state index contributed by atoms with van der Waals surface area (Å²) >= 11 is 1.68. The van der Waals surface area contributed by atoms with Gasteiger partial charge in [-0.3, -0.25) is 4.79 Å². The lowest BCUT2D eigenvalue weighted by Gasteiger charge is -2.16. The molecule has 1 aromatic rings.